The van der Waals surface area contributed by atoms with Crippen LogP contribution >= 0.6 is 0 Å². The average molecular weight is 574 g/mol. The predicted octanol–water partition coefficient (Wildman–Crippen LogP) is 4.85. The van der Waals surface area contributed by atoms with Crippen molar-refractivity contribution in [2.24, 2.45) is 0 Å². The van der Waals surface area contributed by atoms with Gasteiger partial charge in [0.1, 0.15) is 0 Å². The maximum atomic E-state index is 14.4. The van der Waals surface area contributed by atoms with E-state index in [1.54, 1.807) is 42.5 Å². The molecule has 222 valence electrons. The minimum absolute atomic E-state index is 0.0914. The van der Waals surface area contributed by atoms with E-state index in [9.17, 15) is 14.4 Å². The lowest BCUT2D eigenvalue weighted by molar-refractivity contribution is -0.138. The third-order valence-corrected chi connectivity index (χ3v) is 7.03. The Kier molecular flexibility index (Phi) is 9.82. The molecule has 1 aliphatic rings. The number of aryl methyl sites for hydroxylation is 1. The number of rotatable bonds is 12. The van der Waals surface area contributed by atoms with Crippen molar-refractivity contribution in [1.82, 2.24) is 5.32 Å². The molecule has 0 radical (unpaired) electrons. The van der Waals surface area contributed by atoms with Crippen LogP contribution < -0.4 is 25.8 Å². The van der Waals surface area contributed by atoms with E-state index in [1.165, 1.54) is 4.90 Å². The molecule has 3 aromatic rings. The number of fused-ring (bicyclic) bond motifs is 1. The Morgan fingerprint density at radius 1 is 0.881 bits per heavy atom. The predicted molar refractivity (Wildman–Crippen MR) is 165 cm³/mol. The van der Waals surface area contributed by atoms with Crippen LogP contribution in [-0.4, -0.2) is 58.0 Å². The molecule has 0 saturated heterocycles. The van der Waals surface area contributed by atoms with Gasteiger partial charge in [-0.3, -0.25) is 9.59 Å². The van der Waals surface area contributed by atoms with Gasteiger partial charge in [0.05, 0.1) is 18.7 Å². The molecule has 3 N–H and O–H groups in total. The molecule has 42 heavy (non-hydrogen) atoms. The van der Waals surface area contributed by atoms with E-state index in [-0.39, 0.29) is 13.0 Å². The molecule has 0 bridgehead atoms. The highest BCUT2D eigenvalue weighted by atomic mass is 16.7. The molecule has 1 atom stereocenters. The number of hydrogen-bond donors (Lipinski definition) is 3. The zero-order valence-corrected chi connectivity index (χ0v) is 24.8. The lowest BCUT2D eigenvalue weighted by Gasteiger charge is -2.30. The number of amides is 4. The van der Waals surface area contributed by atoms with Gasteiger partial charge < -0.3 is 35.2 Å². The minimum atomic E-state index is -1.68. The summed E-state index contributed by atoms with van der Waals surface area (Å²) in [5.41, 5.74) is 2.57. The van der Waals surface area contributed by atoms with E-state index in [0.29, 0.717) is 35.8 Å². The third-order valence-electron chi connectivity index (χ3n) is 7.03. The summed E-state index contributed by atoms with van der Waals surface area (Å²) < 4.78 is 11.5. The second-order valence-corrected chi connectivity index (χ2v) is 10.3. The van der Waals surface area contributed by atoms with Crippen molar-refractivity contribution in [3.05, 3.63) is 83.9 Å². The Hall–Kier alpha value is -4.41. The highest BCUT2D eigenvalue weighted by Gasteiger charge is 2.53. The molecule has 1 heterocycles. The van der Waals surface area contributed by atoms with Gasteiger partial charge in [0.15, 0.2) is 11.8 Å². The fraction of sp³-hybridized carbons (Fsp3) is 0.344. The summed E-state index contributed by atoms with van der Waals surface area (Å²) in [5.74, 6) is -0.885. The number of benzene rings is 3. The molecule has 0 unspecified atom stereocenters. The molecule has 4 amide bonds. The summed E-state index contributed by atoms with van der Waals surface area (Å²) in [4.78, 5) is 44.8. The quantitative estimate of drug-likeness (QED) is 0.267. The second-order valence-electron chi connectivity index (χ2n) is 10.3. The minimum Gasteiger partial charge on any atom is -0.378 e. The SMILES string of the molecule is CCOC(CN1C(=O)[C@@](CC(=O)Nc2ccc(N(C)C)cc2)(NC(=O)Nc2ccc(C)cc2)c2ccccc21)OCC. The summed E-state index contributed by atoms with van der Waals surface area (Å²) in [7, 11) is 3.86. The van der Waals surface area contributed by atoms with Gasteiger partial charge in [0, 0.05) is 49.9 Å². The maximum Gasteiger partial charge on any atom is 0.320 e. The molecule has 10 heteroatoms. The number of para-hydroxylation sites is 1. The van der Waals surface area contributed by atoms with E-state index >= 15 is 0 Å². The summed E-state index contributed by atoms with van der Waals surface area (Å²) in [6, 6.07) is 21.2. The van der Waals surface area contributed by atoms with Gasteiger partial charge in [-0.25, -0.2) is 4.79 Å². The lowest BCUT2D eigenvalue weighted by atomic mass is 9.87. The molecular formula is C32H39N5O5. The first kappa shape index (κ1) is 30.5. The van der Waals surface area contributed by atoms with Gasteiger partial charge in [-0.05, 0) is 63.2 Å². The lowest BCUT2D eigenvalue weighted by Crippen LogP contribution is -2.56. The third kappa shape index (κ3) is 6.89. The van der Waals surface area contributed by atoms with E-state index < -0.39 is 29.7 Å². The van der Waals surface area contributed by atoms with E-state index in [4.69, 9.17) is 9.47 Å². The molecule has 0 aromatic heterocycles. The molecule has 0 spiro atoms. The van der Waals surface area contributed by atoms with Gasteiger partial charge in [0.25, 0.3) is 5.91 Å². The Balaban J connectivity index is 1.67. The van der Waals surface area contributed by atoms with Crippen LogP contribution in [0.4, 0.5) is 27.5 Å². The van der Waals surface area contributed by atoms with E-state index in [0.717, 1.165) is 11.3 Å². The van der Waals surface area contributed by atoms with E-state index in [1.807, 2.05) is 70.1 Å². The molecule has 10 nitrogen and oxygen atoms in total. The Morgan fingerprint density at radius 3 is 2.10 bits per heavy atom. The number of anilines is 4. The normalized spacial score (nSPS) is 15.9. The largest absolute Gasteiger partial charge is 0.378 e. The van der Waals surface area contributed by atoms with Crippen LogP contribution in [-0.2, 0) is 24.6 Å². The number of carbonyl (C=O) groups excluding carboxylic acids is 3. The van der Waals surface area contributed by atoms with E-state index in [2.05, 4.69) is 16.0 Å². The Labute approximate surface area is 247 Å². The van der Waals surface area contributed by atoms with Crippen LogP contribution in [0.1, 0.15) is 31.4 Å². The number of hydrogen-bond acceptors (Lipinski definition) is 6. The molecule has 0 fully saturated rings. The van der Waals surface area contributed by atoms with Crippen molar-refractivity contribution in [2.45, 2.75) is 39.0 Å². The first-order chi connectivity index (χ1) is 20.2. The highest BCUT2D eigenvalue weighted by Crippen LogP contribution is 2.43. The Bertz CT molecular complexity index is 1390. The van der Waals surface area contributed by atoms with Gasteiger partial charge in [-0.15, -0.1) is 0 Å². The van der Waals surface area contributed by atoms with Crippen molar-refractivity contribution in [1.29, 1.82) is 0 Å². The molecule has 4 rings (SSSR count). The van der Waals surface area contributed by atoms with Gasteiger partial charge >= 0.3 is 6.03 Å². The van der Waals surface area contributed by atoms with Crippen molar-refractivity contribution in [3.63, 3.8) is 0 Å². The maximum absolute atomic E-state index is 14.4. The summed E-state index contributed by atoms with van der Waals surface area (Å²) in [6.45, 7) is 6.53. The topological polar surface area (TPSA) is 112 Å². The molecular weight excluding hydrogens is 534 g/mol. The monoisotopic (exact) mass is 573 g/mol. The fourth-order valence-electron chi connectivity index (χ4n) is 5.00. The van der Waals surface area contributed by atoms with Crippen LogP contribution in [0.25, 0.3) is 0 Å². The van der Waals surface area contributed by atoms with Crippen molar-refractivity contribution in [3.8, 4) is 0 Å². The standard InChI is InChI=1S/C32H39N5O5/c1-6-41-29(42-7-2)21-37-27-11-9-8-10-26(27)32(30(37)39,35-31(40)34-24-14-12-22(3)13-15-24)20-28(38)33-23-16-18-25(19-17-23)36(4)5/h8-19,29H,6-7,20-21H2,1-5H3,(H,33,38)(H2,34,35,40)/t32-/m0/s1. The number of nitrogens with zero attached hydrogens (tertiary/aromatic N) is 2. The number of nitrogens with one attached hydrogen (secondary N) is 3. The number of urea groups is 1. The first-order valence-electron chi connectivity index (χ1n) is 14.0. The zero-order chi connectivity index (χ0) is 30.3. The number of ether oxygens (including phenoxy) is 2. The highest BCUT2D eigenvalue weighted by molar-refractivity contribution is 6.12. The molecule has 0 aliphatic carbocycles. The first-order valence-corrected chi connectivity index (χ1v) is 14.0. The summed E-state index contributed by atoms with van der Waals surface area (Å²) >= 11 is 0. The van der Waals surface area contributed by atoms with Crippen LogP contribution in [0, 0.1) is 6.92 Å². The Morgan fingerprint density at radius 2 is 1.48 bits per heavy atom. The van der Waals surface area contributed by atoms with Crippen LogP contribution in [0.3, 0.4) is 0 Å². The molecule has 3 aromatic carbocycles. The summed E-state index contributed by atoms with van der Waals surface area (Å²) in [6.07, 6.45) is -1.01. The van der Waals surface area contributed by atoms with Crippen molar-refractivity contribution in [2.75, 3.05) is 54.3 Å². The van der Waals surface area contributed by atoms with Gasteiger partial charge in [-0.1, -0.05) is 35.9 Å². The smallest absolute Gasteiger partial charge is 0.320 e. The van der Waals surface area contributed by atoms with Crippen LogP contribution in [0.15, 0.2) is 72.8 Å². The van der Waals surface area contributed by atoms with Gasteiger partial charge in [-0.2, -0.15) is 0 Å². The average Bonchev–Trinajstić information content (AvgIpc) is 3.17. The van der Waals surface area contributed by atoms with Crippen LogP contribution in [0.2, 0.25) is 0 Å². The second kappa shape index (κ2) is 13.5. The summed E-state index contributed by atoms with van der Waals surface area (Å²) in [5, 5.41) is 8.57. The van der Waals surface area contributed by atoms with Crippen molar-refractivity contribution < 1.29 is 23.9 Å². The zero-order valence-electron chi connectivity index (χ0n) is 24.8. The number of carbonyl (C=O) groups is 3. The van der Waals surface area contributed by atoms with Crippen molar-refractivity contribution >= 4 is 40.6 Å². The van der Waals surface area contributed by atoms with Gasteiger partial charge in [0.2, 0.25) is 5.91 Å². The molecule has 0 saturated carbocycles. The van der Waals surface area contributed by atoms with Crippen LogP contribution in [0.5, 0.6) is 0 Å². The fourth-order valence-corrected chi connectivity index (χ4v) is 5.00. The molecule has 1 aliphatic heterocycles.